The van der Waals surface area contributed by atoms with Crippen molar-refractivity contribution in [3.05, 3.63) is 0 Å². The highest BCUT2D eigenvalue weighted by Gasteiger charge is 2.38. The Labute approximate surface area is 126 Å². The first kappa shape index (κ1) is 16.3. The van der Waals surface area contributed by atoms with E-state index in [0.29, 0.717) is 5.41 Å². The van der Waals surface area contributed by atoms with Crippen molar-refractivity contribution in [2.75, 3.05) is 13.6 Å². The molecule has 0 aromatic carbocycles. The fraction of sp³-hybridized carbons (Fsp3) is 1.00. The molecule has 0 aliphatic heterocycles. The summed E-state index contributed by atoms with van der Waals surface area (Å²) in [5, 5.41) is 3.70. The molecule has 2 atom stereocenters. The standard InChI is InChI=1S/C18H36N2/c1-17(2,3)19-13-14-7-8-16(14)20(6)15-9-11-18(4,5)12-10-15/h14-16,19H,7-13H2,1-6H3. The maximum absolute atomic E-state index is 3.70. The van der Waals surface area contributed by atoms with E-state index in [0.717, 1.165) is 18.0 Å². The summed E-state index contributed by atoms with van der Waals surface area (Å²) in [4.78, 5) is 2.73. The first-order valence-corrected chi connectivity index (χ1v) is 8.65. The fourth-order valence-electron chi connectivity index (χ4n) is 3.83. The van der Waals surface area contributed by atoms with E-state index >= 15 is 0 Å². The Morgan fingerprint density at radius 1 is 1.05 bits per heavy atom. The van der Waals surface area contributed by atoms with Crippen molar-refractivity contribution in [2.45, 2.75) is 90.8 Å². The van der Waals surface area contributed by atoms with Gasteiger partial charge in [-0.2, -0.15) is 0 Å². The van der Waals surface area contributed by atoms with Crippen LogP contribution in [0.25, 0.3) is 0 Å². The summed E-state index contributed by atoms with van der Waals surface area (Å²) in [5.41, 5.74) is 0.845. The number of hydrogen-bond acceptors (Lipinski definition) is 2. The zero-order valence-corrected chi connectivity index (χ0v) is 14.6. The molecule has 1 N–H and O–H groups in total. The topological polar surface area (TPSA) is 15.3 Å². The SMILES string of the molecule is CN(C1CCC(C)(C)CC1)C1CCC1CNC(C)(C)C. The van der Waals surface area contributed by atoms with Crippen molar-refractivity contribution < 1.29 is 0 Å². The number of nitrogens with zero attached hydrogens (tertiary/aromatic N) is 1. The van der Waals surface area contributed by atoms with Crippen LogP contribution in [0.2, 0.25) is 0 Å². The van der Waals surface area contributed by atoms with Gasteiger partial charge in [0.25, 0.3) is 0 Å². The van der Waals surface area contributed by atoms with Gasteiger partial charge in [-0.15, -0.1) is 0 Å². The van der Waals surface area contributed by atoms with Gasteiger partial charge in [-0.05, 0) is 84.2 Å². The summed E-state index contributed by atoms with van der Waals surface area (Å²) in [6, 6.07) is 1.67. The minimum Gasteiger partial charge on any atom is -0.312 e. The van der Waals surface area contributed by atoms with Crippen LogP contribution in [0.3, 0.4) is 0 Å². The Balaban J connectivity index is 1.79. The normalized spacial score (nSPS) is 31.4. The summed E-state index contributed by atoms with van der Waals surface area (Å²) in [6.07, 6.45) is 8.43. The van der Waals surface area contributed by atoms with Crippen LogP contribution in [0.15, 0.2) is 0 Å². The molecular weight excluding hydrogens is 244 g/mol. The van der Waals surface area contributed by atoms with Gasteiger partial charge in [0.15, 0.2) is 0 Å². The number of rotatable bonds is 4. The van der Waals surface area contributed by atoms with Gasteiger partial charge < -0.3 is 10.2 Å². The van der Waals surface area contributed by atoms with Crippen molar-refractivity contribution >= 4 is 0 Å². The minimum absolute atomic E-state index is 0.258. The highest BCUT2D eigenvalue weighted by Crippen LogP contribution is 2.40. The van der Waals surface area contributed by atoms with E-state index in [2.05, 4.69) is 51.9 Å². The molecule has 2 unspecified atom stereocenters. The van der Waals surface area contributed by atoms with E-state index in [4.69, 9.17) is 0 Å². The van der Waals surface area contributed by atoms with Crippen molar-refractivity contribution in [3.8, 4) is 0 Å². The molecular formula is C18H36N2. The lowest BCUT2D eigenvalue weighted by Gasteiger charge is -2.49. The van der Waals surface area contributed by atoms with Gasteiger partial charge in [0, 0.05) is 17.6 Å². The van der Waals surface area contributed by atoms with Gasteiger partial charge in [-0.3, -0.25) is 0 Å². The molecule has 2 aliphatic rings. The molecule has 0 bridgehead atoms. The molecule has 2 aliphatic carbocycles. The van der Waals surface area contributed by atoms with E-state index in [1.165, 1.54) is 45.1 Å². The third kappa shape index (κ3) is 4.21. The quantitative estimate of drug-likeness (QED) is 0.835. The fourth-order valence-corrected chi connectivity index (χ4v) is 3.83. The van der Waals surface area contributed by atoms with Crippen molar-refractivity contribution in [1.29, 1.82) is 0 Å². The molecule has 20 heavy (non-hydrogen) atoms. The van der Waals surface area contributed by atoms with Gasteiger partial charge in [0.2, 0.25) is 0 Å². The maximum Gasteiger partial charge on any atom is 0.0136 e. The average molecular weight is 280 g/mol. The summed E-state index contributed by atoms with van der Waals surface area (Å²) in [7, 11) is 2.39. The van der Waals surface area contributed by atoms with E-state index in [1.807, 2.05) is 0 Å². The van der Waals surface area contributed by atoms with E-state index < -0.39 is 0 Å². The zero-order chi connectivity index (χ0) is 15.0. The van der Waals surface area contributed by atoms with Gasteiger partial charge in [0.1, 0.15) is 0 Å². The highest BCUT2D eigenvalue weighted by atomic mass is 15.2. The Morgan fingerprint density at radius 3 is 2.10 bits per heavy atom. The molecule has 0 radical (unpaired) electrons. The van der Waals surface area contributed by atoms with E-state index in [1.54, 1.807) is 0 Å². The second-order valence-corrected chi connectivity index (χ2v) is 9.10. The number of hydrogen-bond donors (Lipinski definition) is 1. The molecule has 2 heteroatoms. The molecule has 0 heterocycles. The van der Waals surface area contributed by atoms with Crippen LogP contribution in [-0.4, -0.2) is 36.1 Å². The second kappa shape index (κ2) is 5.96. The van der Waals surface area contributed by atoms with Crippen molar-refractivity contribution in [1.82, 2.24) is 10.2 Å². The van der Waals surface area contributed by atoms with Crippen LogP contribution in [0.4, 0.5) is 0 Å². The highest BCUT2D eigenvalue weighted by molar-refractivity contribution is 4.94. The lowest BCUT2D eigenvalue weighted by molar-refractivity contribution is 0.0192. The zero-order valence-electron chi connectivity index (χ0n) is 14.6. The minimum atomic E-state index is 0.258. The Bertz CT molecular complexity index is 306. The molecule has 2 saturated carbocycles. The third-order valence-corrected chi connectivity index (χ3v) is 5.68. The molecule has 0 aromatic rings. The molecule has 2 rings (SSSR count). The largest absolute Gasteiger partial charge is 0.312 e. The Kier molecular flexibility index (Phi) is 4.86. The summed E-state index contributed by atoms with van der Waals surface area (Å²) in [5.74, 6) is 0.870. The molecule has 2 nitrogen and oxygen atoms in total. The summed E-state index contributed by atoms with van der Waals surface area (Å²) < 4.78 is 0. The van der Waals surface area contributed by atoms with Gasteiger partial charge in [-0.1, -0.05) is 13.8 Å². The van der Waals surface area contributed by atoms with Crippen LogP contribution in [0.5, 0.6) is 0 Å². The Hall–Kier alpha value is -0.0800. The molecule has 0 spiro atoms. The predicted molar refractivity (Wildman–Crippen MR) is 88.1 cm³/mol. The molecule has 0 aromatic heterocycles. The second-order valence-electron chi connectivity index (χ2n) is 9.10. The van der Waals surface area contributed by atoms with Crippen LogP contribution in [0.1, 0.15) is 73.1 Å². The smallest absolute Gasteiger partial charge is 0.0136 e. The Morgan fingerprint density at radius 2 is 1.65 bits per heavy atom. The van der Waals surface area contributed by atoms with Crippen molar-refractivity contribution in [2.24, 2.45) is 11.3 Å². The average Bonchev–Trinajstić information content (AvgIpc) is 2.25. The first-order chi connectivity index (χ1) is 9.18. The van der Waals surface area contributed by atoms with Gasteiger partial charge in [-0.25, -0.2) is 0 Å². The van der Waals surface area contributed by atoms with Crippen molar-refractivity contribution in [3.63, 3.8) is 0 Å². The van der Waals surface area contributed by atoms with Crippen LogP contribution >= 0.6 is 0 Å². The lowest BCUT2D eigenvalue weighted by atomic mass is 9.73. The molecule has 0 saturated heterocycles. The summed E-state index contributed by atoms with van der Waals surface area (Å²) >= 11 is 0. The molecule has 118 valence electrons. The monoisotopic (exact) mass is 280 g/mol. The lowest BCUT2D eigenvalue weighted by Crippen LogP contribution is -2.54. The van der Waals surface area contributed by atoms with Gasteiger partial charge in [0.05, 0.1) is 0 Å². The third-order valence-electron chi connectivity index (χ3n) is 5.68. The van der Waals surface area contributed by atoms with Gasteiger partial charge >= 0.3 is 0 Å². The van der Waals surface area contributed by atoms with E-state index in [9.17, 15) is 0 Å². The molecule has 2 fully saturated rings. The number of nitrogens with one attached hydrogen (secondary N) is 1. The summed E-state index contributed by atoms with van der Waals surface area (Å²) in [6.45, 7) is 12.9. The maximum atomic E-state index is 3.70. The first-order valence-electron chi connectivity index (χ1n) is 8.65. The predicted octanol–water partition coefficient (Wildman–Crippen LogP) is 4.05. The molecule has 0 amide bonds. The van der Waals surface area contributed by atoms with E-state index in [-0.39, 0.29) is 5.54 Å². The van der Waals surface area contributed by atoms with Crippen LogP contribution < -0.4 is 5.32 Å². The van der Waals surface area contributed by atoms with Crippen LogP contribution in [-0.2, 0) is 0 Å². The van der Waals surface area contributed by atoms with Crippen LogP contribution in [0, 0.1) is 11.3 Å².